The van der Waals surface area contributed by atoms with Gasteiger partial charge in [0.1, 0.15) is 5.78 Å². The maximum Gasteiger partial charge on any atom is 0.136 e. The fourth-order valence-corrected chi connectivity index (χ4v) is 5.48. The number of carbonyl (C=O) groups excluding carboxylic acids is 1. The second-order valence-electron chi connectivity index (χ2n) is 6.54. The molecular weight excluding hydrogens is 264 g/mol. The van der Waals surface area contributed by atoms with Crippen LogP contribution in [-0.2, 0) is 4.79 Å². The molecule has 2 heteroatoms. The fraction of sp³-hybridized carbons (Fsp3) is 0.833. The molecule has 2 fully saturated rings. The van der Waals surface area contributed by atoms with Crippen LogP contribution in [0.4, 0.5) is 0 Å². The van der Waals surface area contributed by atoms with Crippen LogP contribution in [0.5, 0.6) is 0 Å². The largest absolute Gasteiger partial charge is 0.299 e. The van der Waals surface area contributed by atoms with E-state index in [0.29, 0.717) is 11.7 Å². The average Bonchev–Trinajstić information content (AvgIpc) is 2.45. The summed E-state index contributed by atoms with van der Waals surface area (Å²) in [7, 11) is 0. The Bertz CT molecular complexity index is 301. The second-order valence-corrected chi connectivity index (χ2v) is 8.15. The summed E-state index contributed by atoms with van der Waals surface area (Å²) in [6.45, 7) is 3.75. The van der Waals surface area contributed by atoms with Crippen molar-refractivity contribution in [1.29, 1.82) is 0 Å². The van der Waals surface area contributed by atoms with Gasteiger partial charge in [0, 0.05) is 22.8 Å². The van der Waals surface area contributed by atoms with E-state index in [1.165, 1.54) is 57.8 Å². The summed E-state index contributed by atoms with van der Waals surface area (Å²) >= 11 is 2.17. The highest BCUT2D eigenvalue weighted by atomic mass is 32.2. The number of thioether (sulfide) groups is 1. The van der Waals surface area contributed by atoms with Gasteiger partial charge in [0.05, 0.1) is 0 Å². The summed E-state index contributed by atoms with van der Waals surface area (Å²) in [4.78, 5) is 12.3. The van der Waals surface area contributed by atoms with Crippen molar-refractivity contribution in [3.63, 3.8) is 0 Å². The van der Waals surface area contributed by atoms with Crippen LogP contribution in [0.3, 0.4) is 0 Å². The van der Waals surface area contributed by atoms with Crippen LogP contribution in [0.25, 0.3) is 0 Å². The van der Waals surface area contributed by atoms with Crippen LogP contribution >= 0.6 is 11.8 Å². The molecule has 0 amide bonds. The number of hydrogen-bond donors (Lipinski definition) is 0. The predicted octanol–water partition coefficient (Wildman–Crippen LogP) is 5.54. The van der Waals surface area contributed by atoms with Gasteiger partial charge in [-0.3, -0.25) is 4.79 Å². The van der Waals surface area contributed by atoms with Gasteiger partial charge < -0.3 is 0 Å². The lowest BCUT2D eigenvalue weighted by Gasteiger charge is -2.38. The van der Waals surface area contributed by atoms with Crippen molar-refractivity contribution in [2.45, 2.75) is 87.5 Å². The zero-order chi connectivity index (χ0) is 14.2. The Morgan fingerprint density at radius 1 is 1.05 bits per heavy atom. The second kappa shape index (κ2) is 8.92. The SMILES string of the molecule is C=CCCCCCCCC(=O)C1CC2CCCC(C1)S2. The third-order valence-corrected chi connectivity index (χ3v) is 6.44. The van der Waals surface area contributed by atoms with E-state index in [1.54, 1.807) is 0 Å². The Labute approximate surface area is 129 Å². The molecule has 0 aromatic rings. The van der Waals surface area contributed by atoms with Gasteiger partial charge in [-0.1, -0.05) is 31.8 Å². The van der Waals surface area contributed by atoms with Gasteiger partial charge in [0.2, 0.25) is 0 Å². The van der Waals surface area contributed by atoms with E-state index in [1.807, 2.05) is 6.08 Å². The molecule has 2 bridgehead atoms. The van der Waals surface area contributed by atoms with Gasteiger partial charge in [-0.05, 0) is 44.9 Å². The molecule has 2 atom stereocenters. The lowest BCUT2D eigenvalue weighted by atomic mass is 9.85. The van der Waals surface area contributed by atoms with Gasteiger partial charge in [0.25, 0.3) is 0 Å². The normalized spacial score (nSPS) is 29.1. The fourth-order valence-electron chi connectivity index (χ4n) is 3.64. The van der Waals surface area contributed by atoms with E-state index in [2.05, 4.69) is 18.3 Å². The van der Waals surface area contributed by atoms with Crippen LogP contribution in [0.15, 0.2) is 12.7 Å². The van der Waals surface area contributed by atoms with Crippen molar-refractivity contribution >= 4 is 17.5 Å². The molecule has 0 aliphatic carbocycles. The van der Waals surface area contributed by atoms with Crippen molar-refractivity contribution in [2.24, 2.45) is 5.92 Å². The molecule has 2 aliphatic rings. The molecule has 0 N–H and O–H groups in total. The molecule has 2 aliphatic heterocycles. The highest BCUT2D eigenvalue weighted by Crippen LogP contribution is 2.44. The quantitative estimate of drug-likeness (QED) is 0.410. The Kier molecular flexibility index (Phi) is 7.19. The molecule has 0 radical (unpaired) electrons. The third-order valence-electron chi connectivity index (χ3n) is 4.82. The van der Waals surface area contributed by atoms with Gasteiger partial charge >= 0.3 is 0 Å². The minimum absolute atomic E-state index is 0.410. The third kappa shape index (κ3) is 5.27. The highest BCUT2D eigenvalue weighted by Gasteiger charge is 2.34. The van der Waals surface area contributed by atoms with E-state index in [9.17, 15) is 4.79 Å². The number of hydrogen-bond acceptors (Lipinski definition) is 2. The molecule has 2 saturated heterocycles. The summed E-state index contributed by atoms with van der Waals surface area (Å²) in [6, 6.07) is 0. The molecule has 2 rings (SSSR count). The van der Waals surface area contributed by atoms with Crippen molar-refractivity contribution in [2.75, 3.05) is 0 Å². The topological polar surface area (TPSA) is 17.1 Å². The monoisotopic (exact) mass is 294 g/mol. The first-order valence-corrected chi connectivity index (χ1v) is 9.53. The molecule has 0 aromatic carbocycles. The van der Waals surface area contributed by atoms with Gasteiger partial charge in [-0.15, -0.1) is 6.58 Å². The highest BCUT2D eigenvalue weighted by molar-refractivity contribution is 8.00. The summed E-state index contributed by atoms with van der Waals surface area (Å²) in [5, 5.41) is 1.60. The van der Waals surface area contributed by atoms with E-state index in [-0.39, 0.29) is 0 Å². The smallest absolute Gasteiger partial charge is 0.136 e. The number of rotatable bonds is 9. The number of carbonyl (C=O) groups is 1. The number of fused-ring (bicyclic) bond motifs is 2. The van der Waals surface area contributed by atoms with Gasteiger partial charge in [-0.2, -0.15) is 11.8 Å². The lowest BCUT2D eigenvalue weighted by molar-refractivity contribution is -0.123. The van der Waals surface area contributed by atoms with Crippen molar-refractivity contribution in [3.8, 4) is 0 Å². The zero-order valence-electron chi connectivity index (χ0n) is 12.8. The molecule has 2 unspecified atom stereocenters. The predicted molar refractivity (Wildman–Crippen MR) is 89.3 cm³/mol. The molecule has 0 saturated carbocycles. The molecule has 2 heterocycles. The maximum absolute atomic E-state index is 12.3. The van der Waals surface area contributed by atoms with Crippen LogP contribution in [0.1, 0.15) is 77.0 Å². The van der Waals surface area contributed by atoms with Crippen LogP contribution in [0.2, 0.25) is 0 Å². The number of Topliss-reactive ketones (excluding diaryl/α,β-unsaturated/α-hetero) is 1. The maximum atomic E-state index is 12.3. The van der Waals surface area contributed by atoms with Crippen molar-refractivity contribution in [3.05, 3.63) is 12.7 Å². The molecule has 1 nitrogen and oxygen atoms in total. The Morgan fingerprint density at radius 2 is 1.70 bits per heavy atom. The van der Waals surface area contributed by atoms with Crippen molar-refractivity contribution < 1.29 is 4.79 Å². The lowest BCUT2D eigenvalue weighted by Crippen LogP contribution is -2.32. The van der Waals surface area contributed by atoms with Gasteiger partial charge in [0.15, 0.2) is 0 Å². The van der Waals surface area contributed by atoms with E-state index < -0.39 is 0 Å². The summed E-state index contributed by atoms with van der Waals surface area (Å²) in [6.07, 6.45) is 16.6. The minimum Gasteiger partial charge on any atom is -0.299 e. The summed E-state index contributed by atoms with van der Waals surface area (Å²) in [5.41, 5.74) is 0. The standard InChI is InChI=1S/C18H30OS/c1-2-3-4-5-6-7-8-12-18(19)15-13-16-10-9-11-17(14-15)20-16/h2,15-17H,1,3-14H2. The van der Waals surface area contributed by atoms with E-state index in [4.69, 9.17) is 0 Å². The van der Waals surface area contributed by atoms with E-state index in [0.717, 1.165) is 29.8 Å². The van der Waals surface area contributed by atoms with Crippen LogP contribution in [0, 0.1) is 5.92 Å². The summed E-state index contributed by atoms with van der Waals surface area (Å²) in [5.74, 6) is 0.987. The van der Waals surface area contributed by atoms with Gasteiger partial charge in [-0.25, -0.2) is 0 Å². The molecular formula is C18H30OS. The molecule has 0 aromatic heterocycles. The Morgan fingerprint density at radius 3 is 2.40 bits per heavy atom. The Hall–Kier alpha value is -0.240. The molecule has 114 valence electrons. The van der Waals surface area contributed by atoms with E-state index >= 15 is 0 Å². The first-order chi connectivity index (χ1) is 9.79. The summed E-state index contributed by atoms with van der Waals surface area (Å²) < 4.78 is 0. The number of allylic oxidation sites excluding steroid dienone is 1. The molecule has 0 spiro atoms. The van der Waals surface area contributed by atoms with Crippen molar-refractivity contribution in [1.82, 2.24) is 0 Å². The minimum atomic E-state index is 0.410. The number of unbranched alkanes of at least 4 members (excludes halogenated alkanes) is 5. The first-order valence-electron chi connectivity index (χ1n) is 8.58. The zero-order valence-corrected chi connectivity index (χ0v) is 13.6. The molecule has 20 heavy (non-hydrogen) atoms. The number of ketones is 1. The Balaban J connectivity index is 1.57. The average molecular weight is 295 g/mol. The van der Waals surface area contributed by atoms with Crippen LogP contribution < -0.4 is 0 Å². The van der Waals surface area contributed by atoms with Crippen LogP contribution in [-0.4, -0.2) is 16.3 Å². The first kappa shape index (κ1) is 16.1.